The van der Waals surface area contributed by atoms with Crippen molar-refractivity contribution in [1.82, 2.24) is 4.98 Å². The Kier molecular flexibility index (Phi) is 2.90. The van der Waals surface area contributed by atoms with Crippen LogP contribution in [0.1, 0.15) is 42.9 Å². The van der Waals surface area contributed by atoms with Gasteiger partial charge in [0, 0.05) is 22.2 Å². The summed E-state index contributed by atoms with van der Waals surface area (Å²) in [5.41, 5.74) is 3.05. The molecule has 0 aliphatic heterocycles. The van der Waals surface area contributed by atoms with E-state index in [1.54, 1.807) is 12.1 Å². The molecule has 0 saturated heterocycles. The molecule has 0 bridgehead atoms. The summed E-state index contributed by atoms with van der Waals surface area (Å²) >= 11 is 6.13. The number of nitrogens with one attached hydrogen (secondary N) is 1. The van der Waals surface area contributed by atoms with Crippen LogP contribution in [0.4, 0.5) is 0 Å². The fourth-order valence-electron chi connectivity index (χ4n) is 2.91. The van der Waals surface area contributed by atoms with Crippen LogP contribution < -0.4 is 5.43 Å². The van der Waals surface area contributed by atoms with Gasteiger partial charge in [-0.1, -0.05) is 24.4 Å². The minimum atomic E-state index is 0.102. The van der Waals surface area contributed by atoms with Crippen LogP contribution in [0.15, 0.2) is 23.0 Å². The number of aryl methyl sites for hydroxylation is 1. The number of aromatic nitrogens is 1. The Hall–Kier alpha value is -1.28. The highest BCUT2D eigenvalue weighted by Crippen LogP contribution is 2.33. The maximum absolute atomic E-state index is 12.2. The van der Waals surface area contributed by atoms with Crippen molar-refractivity contribution >= 4 is 22.5 Å². The van der Waals surface area contributed by atoms with E-state index in [0.717, 1.165) is 22.2 Å². The summed E-state index contributed by atoms with van der Waals surface area (Å²) in [7, 11) is 0. The summed E-state index contributed by atoms with van der Waals surface area (Å²) in [6.45, 7) is 1.96. The summed E-state index contributed by atoms with van der Waals surface area (Å²) in [5.74, 6) is 0.514. The summed E-state index contributed by atoms with van der Waals surface area (Å²) in [6, 6.07) is 5.37. The van der Waals surface area contributed by atoms with Gasteiger partial charge < -0.3 is 4.98 Å². The highest BCUT2D eigenvalue weighted by atomic mass is 35.5. The van der Waals surface area contributed by atoms with Crippen molar-refractivity contribution in [3.8, 4) is 0 Å². The third-order valence-corrected chi connectivity index (χ3v) is 4.42. The van der Waals surface area contributed by atoms with Crippen molar-refractivity contribution in [3.63, 3.8) is 0 Å². The van der Waals surface area contributed by atoms with Crippen LogP contribution in [0.25, 0.3) is 10.9 Å². The minimum Gasteiger partial charge on any atom is -0.358 e. The lowest BCUT2D eigenvalue weighted by molar-refractivity contribution is 0.700. The van der Waals surface area contributed by atoms with Gasteiger partial charge in [0.1, 0.15) is 0 Å². The van der Waals surface area contributed by atoms with Crippen LogP contribution in [0.2, 0.25) is 5.02 Å². The fourth-order valence-corrected chi connectivity index (χ4v) is 3.07. The van der Waals surface area contributed by atoms with Gasteiger partial charge in [-0.05, 0) is 43.4 Å². The van der Waals surface area contributed by atoms with Gasteiger partial charge in [-0.2, -0.15) is 0 Å². The van der Waals surface area contributed by atoms with Crippen molar-refractivity contribution in [2.24, 2.45) is 0 Å². The fraction of sp³-hybridized carbons (Fsp3) is 0.400. The van der Waals surface area contributed by atoms with Gasteiger partial charge in [0.2, 0.25) is 0 Å². The maximum Gasteiger partial charge on any atom is 0.189 e. The molecule has 0 amide bonds. The molecule has 1 fully saturated rings. The van der Waals surface area contributed by atoms with Crippen LogP contribution in [-0.2, 0) is 0 Å². The molecule has 2 aromatic rings. The molecule has 3 heteroatoms. The van der Waals surface area contributed by atoms with Crippen LogP contribution >= 0.6 is 11.6 Å². The molecule has 94 valence electrons. The molecular formula is C15H16ClNO. The summed E-state index contributed by atoms with van der Waals surface area (Å²) in [6.07, 6.45) is 4.89. The SMILES string of the molecule is Cc1c(Cl)ccc2c(=O)cc(C3CCCC3)[nH]c12. The lowest BCUT2D eigenvalue weighted by atomic mass is 10.0. The van der Waals surface area contributed by atoms with Crippen molar-refractivity contribution in [1.29, 1.82) is 0 Å². The summed E-state index contributed by atoms with van der Waals surface area (Å²) < 4.78 is 0. The van der Waals surface area contributed by atoms with Gasteiger partial charge >= 0.3 is 0 Å². The molecular weight excluding hydrogens is 246 g/mol. The van der Waals surface area contributed by atoms with Gasteiger partial charge in [0.05, 0.1) is 5.52 Å². The van der Waals surface area contributed by atoms with Crippen LogP contribution in [0.3, 0.4) is 0 Å². The number of H-pyrrole nitrogens is 1. The number of halogens is 1. The lowest BCUT2D eigenvalue weighted by Crippen LogP contribution is -2.08. The van der Waals surface area contributed by atoms with Gasteiger partial charge in [-0.25, -0.2) is 0 Å². The number of rotatable bonds is 1. The molecule has 1 aromatic heterocycles. The predicted octanol–water partition coefficient (Wildman–Crippen LogP) is 4.15. The average molecular weight is 262 g/mol. The van der Waals surface area contributed by atoms with E-state index in [0.29, 0.717) is 10.9 Å². The molecule has 1 aliphatic rings. The summed E-state index contributed by atoms with van der Waals surface area (Å²) in [4.78, 5) is 15.6. The molecule has 0 atom stereocenters. The van der Waals surface area contributed by atoms with E-state index < -0.39 is 0 Å². The van der Waals surface area contributed by atoms with E-state index in [1.807, 2.05) is 13.0 Å². The van der Waals surface area contributed by atoms with Crippen LogP contribution in [-0.4, -0.2) is 4.98 Å². The second-order valence-corrected chi connectivity index (χ2v) is 5.57. The number of hydrogen-bond donors (Lipinski definition) is 1. The lowest BCUT2D eigenvalue weighted by Gasteiger charge is -2.12. The second kappa shape index (κ2) is 4.43. The van der Waals surface area contributed by atoms with E-state index in [1.165, 1.54) is 25.7 Å². The van der Waals surface area contributed by atoms with E-state index in [-0.39, 0.29) is 5.43 Å². The van der Waals surface area contributed by atoms with Gasteiger partial charge in [-0.15, -0.1) is 0 Å². The monoisotopic (exact) mass is 261 g/mol. The van der Waals surface area contributed by atoms with Crippen LogP contribution in [0, 0.1) is 6.92 Å². The predicted molar refractivity (Wildman–Crippen MR) is 75.5 cm³/mol. The first-order chi connectivity index (χ1) is 8.66. The third kappa shape index (κ3) is 1.85. The van der Waals surface area contributed by atoms with Gasteiger partial charge in [0.15, 0.2) is 5.43 Å². The molecule has 1 aromatic carbocycles. The number of benzene rings is 1. The Morgan fingerprint density at radius 3 is 2.72 bits per heavy atom. The highest BCUT2D eigenvalue weighted by molar-refractivity contribution is 6.32. The first-order valence-electron chi connectivity index (χ1n) is 6.49. The quantitative estimate of drug-likeness (QED) is 0.822. The molecule has 1 heterocycles. The number of hydrogen-bond acceptors (Lipinski definition) is 1. The first kappa shape index (κ1) is 11.8. The Bertz CT molecular complexity index is 653. The molecule has 3 rings (SSSR count). The largest absolute Gasteiger partial charge is 0.358 e. The van der Waals surface area contributed by atoms with E-state index in [4.69, 9.17) is 11.6 Å². The molecule has 18 heavy (non-hydrogen) atoms. The average Bonchev–Trinajstić information content (AvgIpc) is 2.88. The Labute approximate surface area is 111 Å². The molecule has 0 unspecified atom stereocenters. The van der Waals surface area contributed by atoms with E-state index in [9.17, 15) is 4.79 Å². The zero-order chi connectivity index (χ0) is 12.7. The molecule has 1 N–H and O–H groups in total. The van der Waals surface area contributed by atoms with Crippen molar-refractivity contribution in [3.05, 3.63) is 44.7 Å². The van der Waals surface area contributed by atoms with Crippen molar-refractivity contribution < 1.29 is 0 Å². The maximum atomic E-state index is 12.2. The molecule has 1 saturated carbocycles. The first-order valence-corrected chi connectivity index (χ1v) is 6.86. The zero-order valence-electron chi connectivity index (χ0n) is 10.4. The third-order valence-electron chi connectivity index (χ3n) is 4.02. The van der Waals surface area contributed by atoms with E-state index in [2.05, 4.69) is 4.98 Å². The number of fused-ring (bicyclic) bond motifs is 1. The molecule has 0 spiro atoms. The standard InChI is InChI=1S/C15H16ClNO/c1-9-12(16)7-6-11-14(18)8-13(17-15(9)11)10-4-2-3-5-10/h6-8,10H,2-5H2,1H3,(H,17,18). The van der Waals surface area contributed by atoms with E-state index >= 15 is 0 Å². The Morgan fingerprint density at radius 2 is 2.00 bits per heavy atom. The highest BCUT2D eigenvalue weighted by Gasteiger charge is 2.19. The molecule has 0 radical (unpaired) electrons. The topological polar surface area (TPSA) is 32.9 Å². The molecule has 2 nitrogen and oxygen atoms in total. The number of aromatic amines is 1. The van der Waals surface area contributed by atoms with Gasteiger partial charge in [0.25, 0.3) is 0 Å². The van der Waals surface area contributed by atoms with Crippen LogP contribution in [0.5, 0.6) is 0 Å². The Balaban J connectivity index is 2.24. The second-order valence-electron chi connectivity index (χ2n) is 5.17. The van der Waals surface area contributed by atoms with Crippen molar-refractivity contribution in [2.75, 3.05) is 0 Å². The summed E-state index contributed by atoms with van der Waals surface area (Å²) in [5, 5.41) is 1.44. The smallest absolute Gasteiger partial charge is 0.189 e. The zero-order valence-corrected chi connectivity index (χ0v) is 11.2. The van der Waals surface area contributed by atoms with Gasteiger partial charge in [-0.3, -0.25) is 4.79 Å². The normalized spacial score (nSPS) is 16.6. The minimum absolute atomic E-state index is 0.102. The number of pyridine rings is 1. The molecule has 1 aliphatic carbocycles. The Morgan fingerprint density at radius 1 is 1.28 bits per heavy atom. The van der Waals surface area contributed by atoms with Crippen molar-refractivity contribution in [2.45, 2.75) is 38.5 Å².